The maximum absolute atomic E-state index is 14.9. The van der Waals surface area contributed by atoms with Gasteiger partial charge in [-0.1, -0.05) is 40.5 Å². The summed E-state index contributed by atoms with van der Waals surface area (Å²) in [5, 5.41) is -0.665. The van der Waals surface area contributed by atoms with Crippen molar-refractivity contribution in [1.82, 2.24) is 19.6 Å². The minimum atomic E-state index is -3.94. The van der Waals surface area contributed by atoms with E-state index >= 15 is 0 Å². The van der Waals surface area contributed by atoms with Crippen molar-refractivity contribution >= 4 is 44.6 Å². The highest BCUT2D eigenvalue weighted by Gasteiger charge is 2.63. The van der Waals surface area contributed by atoms with Gasteiger partial charge in [0, 0.05) is 18.4 Å². The van der Waals surface area contributed by atoms with Crippen LogP contribution in [0.15, 0.2) is 18.2 Å². The Morgan fingerprint density at radius 1 is 1.07 bits per heavy atom. The van der Waals surface area contributed by atoms with Gasteiger partial charge < -0.3 is 19.1 Å². The molecule has 2 bridgehead atoms. The fourth-order valence-electron chi connectivity index (χ4n) is 9.04. The highest BCUT2D eigenvalue weighted by atomic mass is 32.2. The number of ketones is 1. The average molecular weight is 813 g/mol. The molecule has 3 aliphatic carbocycles. The van der Waals surface area contributed by atoms with Gasteiger partial charge in [-0.05, 0) is 87.7 Å². The third-order valence-electron chi connectivity index (χ3n) is 12.9. The van der Waals surface area contributed by atoms with E-state index in [0.717, 1.165) is 32.1 Å². The van der Waals surface area contributed by atoms with Gasteiger partial charge in [0.05, 0.1) is 59.9 Å². The Bertz CT molecular complexity index is 2020. The molecule has 1 saturated heterocycles. The minimum absolute atomic E-state index is 0.0109. The number of nitrogens with zero attached hydrogens (tertiary/aromatic N) is 3. The predicted molar refractivity (Wildman–Crippen MR) is 208 cm³/mol. The zero-order valence-corrected chi connectivity index (χ0v) is 34.7. The van der Waals surface area contributed by atoms with E-state index in [-0.39, 0.29) is 44.2 Å². The molecule has 0 radical (unpaired) electrons. The van der Waals surface area contributed by atoms with Gasteiger partial charge in [-0.25, -0.2) is 22.8 Å². The minimum Gasteiger partial charge on any atom is -0.497 e. The third-order valence-corrected chi connectivity index (χ3v) is 14.7. The third kappa shape index (κ3) is 8.92. The number of carbonyl (C=O) groups excluding carboxylic acids is 4. The van der Waals surface area contributed by atoms with E-state index in [1.165, 1.54) is 11.8 Å². The fraction of sp³-hybridized carbons (Fsp3) is 0.714. The summed E-state index contributed by atoms with van der Waals surface area (Å²) in [6.07, 6.45) is 3.30. The Kier molecular flexibility index (Phi) is 11.4. The predicted octanol–water partition coefficient (Wildman–Crippen LogP) is 5.66. The number of halogens is 1. The average Bonchev–Trinajstić information content (AvgIpc) is 4.06. The Labute approximate surface area is 334 Å². The van der Waals surface area contributed by atoms with Crippen molar-refractivity contribution in [2.75, 3.05) is 13.7 Å². The molecule has 15 heteroatoms. The molecule has 1 unspecified atom stereocenters. The van der Waals surface area contributed by atoms with Crippen LogP contribution in [0.5, 0.6) is 11.6 Å². The quantitative estimate of drug-likeness (QED) is 0.310. The number of hydrogen-bond donors (Lipinski definition) is 1. The summed E-state index contributed by atoms with van der Waals surface area (Å²) in [4.78, 5) is 68.3. The first-order chi connectivity index (χ1) is 26.9. The van der Waals surface area contributed by atoms with Crippen molar-refractivity contribution < 1.29 is 46.2 Å². The molecule has 57 heavy (non-hydrogen) atoms. The number of amides is 2. The molecule has 2 aromatic rings. The second-order valence-electron chi connectivity index (χ2n) is 18.4. The van der Waals surface area contributed by atoms with Crippen LogP contribution >= 0.6 is 0 Å². The summed E-state index contributed by atoms with van der Waals surface area (Å²) in [7, 11) is -2.37. The van der Waals surface area contributed by atoms with Crippen LogP contribution in [-0.4, -0.2) is 90.2 Å². The molecular weight excluding hydrogens is 756 g/mol. The lowest BCUT2D eigenvalue weighted by atomic mass is 9.77. The standard InChI is InChI=1S/C42H57FN4O9S/c1-23(43)16-26-20-42(26,40(51)46-57(52,53)28-13-14-28)21-33(48)37-24(2)35-22-47(37)39(50)29(41(3,4)5)19-36(49)55-34-17-25(34)10-8-7-9-11-31-38(56-35)45-32-18-27(54-6)12-15-30(32)44-31/h12,15,18,23-26,28-29,34-35,37H,7-11,13-14,16-17,19-22H2,1-6H3,(H,46,51)/t23?,24-,25-,26-,29-,34-,35+,37+,42-/m1/s1. The van der Waals surface area contributed by atoms with E-state index in [4.69, 9.17) is 24.2 Å². The summed E-state index contributed by atoms with van der Waals surface area (Å²) in [5.74, 6) is -2.98. The molecule has 0 spiro atoms. The molecule has 2 amide bonds. The number of ether oxygens (including phenoxy) is 3. The van der Waals surface area contributed by atoms with Gasteiger partial charge in [-0.3, -0.25) is 23.9 Å². The number of aryl methyl sites for hydroxylation is 1. The summed E-state index contributed by atoms with van der Waals surface area (Å²) < 4.78 is 60.5. The number of aromatic nitrogens is 2. The van der Waals surface area contributed by atoms with Gasteiger partial charge in [0.1, 0.15) is 23.7 Å². The first kappa shape index (κ1) is 41.3. The molecule has 1 aromatic carbocycles. The number of alkyl halides is 1. The molecule has 5 aliphatic rings. The summed E-state index contributed by atoms with van der Waals surface area (Å²) in [6, 6.07) is 4.35. The number of Topliss-reactive ketones (excluding diaryl/α,β-unsaturated/α-hetero) is 1. The molecule has 1 N–H and O–H groups in total. The molecule has 4 fully saturated rings. The van der Waals surface area contributed by atoms with Gasteiger partial charge >= 0.3 is 5.97 Å². The molecule has 3 heterocycles. The van der Waals surface area contributed by atoms with Crippen LogP contribution in [0.1, 0.15) is 111 Å². The highest BCUT2D eigenvalue weighted by Crippen LogP contribution is 2.59. The molecule has 13 nitrogen and oxygen atoms in total. The first-order valence-corrected chi connectivity index (χ1v) is 22.2. The fourth-order valence-corrected chi connectivity index (χ4v) is 10.4. The second kappa shape index (κ2) is 15.7. The SMILES string of the molecule is COc1ccc2nc3c(nc2c1)O[C@H]1CN(C(=O)[C@H](C(C)(C)C)CC(=O)O[C@@H]2C[C@H]2CCCCC3)[C@H](C(=O)C[C@]2(C(=O)NS(=O)(=O)C3CC3)C[C@H]2CC(C)F)[C@@H]1C. The van der Waals surface area contributed by atoms with Gasteiger partial charge in [0.15, 0.2) is 5.78 Å². The van der Waals surface area contributed by atoms with E-state index < -0.39 is 85.7 Å². The lowest BCUT2D eigenvalue weighted by Crippen LogP contribution is -2.50. The van der Waals surface area contributed by atoms with Crippen LogP contribution in [-0.2, 0) is 40.4 Å². The maximum atomic E-state index is 14.9. The summed E-state index contributed by atoms with van der Waals surface area (Å²) in [5.41, 5.74) is -0.253. The molecule has 1 aromatic heterocycles. The van der Waals surface area contributed by atoms with Crippen molar-refractivity contribution in [2.45, 2.75) is 141 Å². The van der Waals surface area contributed by atoms with Crippen LogP contribution < -0.4 is 14.2 Å². The van der Waals surface area contributed by atoms with E-state index in [9.17, 15) is 32.0 Å². The molecule has 7 rings (SSSR count). The smallest absolute Gasteiger partial charge is 0.306 e. The van der Waals surface area contributed by atoms with Crippen molar-refractivity contribution in [1.29, 1.82) is 0 Å². The molecular formula is C42H57FN4O9S. The molecule has 312 valence electrons. The van der Waals surface area contributed by atoms with Crippen LogP contribution in [0.2, 0.25) is 0 Å². The van der Waals surface area contributed by atoms with Crippen LogP contribution in [0, 0.1) is 34.5 Å². The first-order valence-electron chi connectivity index (χ1n) is 20.6. The number of methoxy groups -OCH3 is 1. The number of esters is 1. The van der Waals surface area contributed by atoms with Crippen molar-refractivity contribution in [2.24, 2.45) is 34.5 Å². The zero-order valence-electron chi connectivity index (χ0n) is 33.9. The second-order valence-corrected chi connectivity index (χ2v) is 20.4. The number of sulfonamides is 1. The van der Waals surface area contributed by atoms with Gasteiger partial charge in [-0.15, -0.1) is 0 Å². The van der Waals surface area contributed by atoms with Crippen LogP contribution in [0.4, 0.5) is 4.39 Å². The highest BCUT2D eigenvalue weighted by molar-refractivity contribution is 7.90. The number of nitrogens with one attached hydrogen (secondary N) is 1. The number of hydrogen-bond acceptors (Lipinski definition) is 11. The molecule has 2 aliphatic heterocycles. The number of carbonyl (C=O) groups is 4. The largest absolute Gasteiger partial charge is 0.497 e. The Morgan fingerprint density at radius 2 is 1.82 bits per heavy atom. The maximum Gasteiger partial charge on any atom is 0.306 e. The van der Waals surface area contributed by atoms with Gasteiger partial charge in [-0.2, -0.15) is 0 Å². The van der Waals surface area contributed by atoms with E-state index in [1.54, 1.807) is 13.2 Å². The summed E-state index contributed by atoms with van der Waals surface area (Å²) >= 11 is 0. The van der Waals surface area contributed by atoms with Crippen molar-refractivity contribution in [3.05, 3.63) is 23.9 Å². The monoisotopic (exact) mass is 812 g/mol. The number of fused-ring (bicyclic) bond motifs is 5. The lowest BCUT2D eigenvalue weighted by Gasteiger charge is -2.35. The van der Waals surface area contributed by atoms with Crippen LogP contribution in [0.3, 0.4) is 0 Å². The topological polar surface area (TPSA) is 171 Å². The number of benzene rings is 1. The normalized spacial score (nSPS) is 31.5. The van der Waals surface area contributed by atoms with E-state index in [0.29, 0.717) is 47.6 Å². The van der Waals surface area contributed by atoms with Crippen molar-refractivity contribution in [3.8, 4) is 11.6 Å². The van der Waals surface area contributed by atoms with Crippen molar-refractivity contribution in [3.63, 3.8) is 0 Å². The van der Waals surface area contributed by atoms with Gasteiger partial charge in [0.2, 0.25) is 27.7 Å². The van der Waals surface area contributed by atoms with E-state index in [1.807, 2.05) is 39.8 Å². The summed E-state index contributed by atoms with van der Waals surface area (Å²) in [6.45, 7) is 8.79. The van der Waals surface area contributed by atoms with Crippen LogP contribution in [0.25, 0.3) is 11.0 Å². The molecule has 9 atom stereocenters. The van der Waals surface area contributed by atoms with E-state index in [2.05, 4.69) is 4.72 Å². The Balaban J connectivity index is 1.25. The zero-order chi connectivity index (χ0) is 41.0. The number of rotatable bonds is 9. The Morgan fingerprint density at radius 3 is 2.51 bits per heavy atom. The lowest BCUT2D eigenvalue weighted by molar-refractivity contribution is -0.154. The van der Waals surface area contributed by atoms with Gasteiger partial charge in [0.25, 0.3) is 0 Å². The molecule has 3 saturated carbocycles. The Hall–Kier alpha value is -3.88.